The van der Waals surface area contributed by atoms with Crippen LogP contribution < -0.4 is 5.32 Å². The van der Waals surface area contributed by atoms with Crippen LogP contribution in [0.1, 0.15) is 26.2 Å². The molecule has 2 aliphatic carbocycles. The Kier molecular flexibility index (Phi) is 2.82. The van der Waals surface area contributed by atoms with Gasteiger partial charge in [0.2, 0.25) is 11.4 Å². The topological polar surface area (TPSA) is 66.4 Å². The van der Waals surface area contributed by atoms with E-state index in [1.807, 2.05) is 0 Å². The number of aliphatic carboxylic acids is 1. The number of hydrogen-bond acceptors (Lipinski definition) is 2. The molecule has 2 N–H and O–H groups in total. The van der Waals surface area contributed by atoms with Crippen LogP contribution in [0, 0.1) is 17.8 Å². The first-order valence-electron chi connectivity index (χ1n) is 5.80. The Morgan fingerprint density at radius 3 is 2.11 bits per heavy atom. The Morgan fingerprint density at radius 1 is 1.22 bits per heavy atom. The predicted octanol–water partition coefficient (Wildman–Crippen LogP) is 1.55. The number of fused-ring (bicyclic) bond motifs is 1. The Bertz CT molecular complexity index is 385. The minimum Gasteiger partial charge on any atom is -0.479 e. The van der Waals surface area contributed by atoms with Crippen LogP contribution in [0.5, 0.6) is 0 Å². The molecule has 2 aliphatic rings. The lowest BCUT2D eigenvalue weighted by atomic mass is 10.0. The van der Waals surface area contributed by atoms with E-state index in [-0.39, 0.29) is 11.8 Å². The van der Waals surface area contributed by atoms with Gasteiger partial charge in [-0.05, 0) is 31.6 Å². The maximum absolute atomic E-state index is 12.7. The fraction of sp³-hybridized carbons (Fsp3) is 0.818. The first-order valence-corrected chi connectivity index (χ1v) is 5.80. The van der Waals surface area contributed by atoms with Gasteiger partial charge in [-0.3, -0.25) is 4.79 Å². The number of hydrogen-bond donors (Lipinski definition) is 2. The molecule has 0 aromatic heterocycles. The number of rotatable bonds is 3. The molecule has 102 valence electrons. The Hall–Kier alpha value is -1.27. The first-order chi connectivity index (χ1) is 8.18. The molecule has 0 bridgehead atoms. The van der Waals surface area contributed by atoms with Gasteiger partial charge in [-0.15, -0.1) is 0 Å². The molecular weight excluding hydrogens is 251 g/mol. The number of alkyl halides is 3. The Morgan fingerprint density at radius 2 is 1.72 bits per heavy atom. The second-order valence-corrected chi connectivity index (χ2v) is 5.20. The fourth-order valence-corrected chi connectivity index (χ4v) is 2.79. The van der Waals surface area contributed by atoms with Crippen LogP contribution in [0.4, 0.5) is 13.2 Å². The summed E-state index contributed by atoms with van der Waals surface area (Å²) in [5.41, 5.74) is -3.21. The van der Waals surface area contributed by atoms with Crippen LogP contribution in [0.25, 0.3) is 0 Å². The molecule has 0 aliphatic heterocycles. The molecule has 1 amide bonds. The smallest absolute Gasteiger partial charge is 0.422 e. The molecule has 3 unspecified atom stereocenters. The van der Waals surface area contributed by atoms with Gasteiger partial charge in [-0.25, -0.2) is 4.79 Å². The lowest BCUT2D eigenvalue weighted by molar-refractivity contribution is -0.207. The molecule has 2 rings (SSSR count). The van der Waals surface area contributed by atoms with E-state index in [4.69, 9.17) is 5.11 Å². The van der Waals surface area contributed by atoms with Gasteiger partial charge in [-0.1, -0.05) is 6.42 Å². The number of carboxylic acids is 1. The number of halogens is 3. The maximum atomic E-state index is 12.7. The Labute approximate surface area is 102 Å². The molecule has 4 nitrogen and oxygen atoms in total. The lowest BCUT2D eigenvalue weighted by Gasteiger charge is -2.28. The summed E-state index contributed by atoms with van der Waals surface area (Å²) in [4.78, 5) is 22.5. The summed E-state index contributed by atoms with van der Waals surface area (Å²) < 4.78 is 38.1. The van der Waals surface area contributed by atoms with Crippen LogP contribution >= 0.6 is 0 Å². The van der Waals surface area contributed by atoms with Gasteiger partial charge in [0.15, 0.2) is 0 Å². The summed E-state index contributed by atoms with van der Waals surface area (Å²) in [5.74, 6) is -3.01. The lowest BCUT2D eigenvalue weighted by Crippen LogP contribution is -2.62. The minimum atomic E-state index is -5.02. The molecule has 3 atom stereocenters. The maximum Gasteiger partial charge on any atom is 0.422 e. The highest BCUT2D eigenvalue weighted by atomic mass is 19.4. The SMILES string of the molecule is CC(NC(=O)C1C2CCCC21)(C(=O)O)C(F)(F)F. The van der Waals surface area contributed by atoms with Crippen LogP contribution in [-0.4, -0.2) is 28.7 Å². The molecular formula is C11H14F3NO3. The molecule has 0 radical (unpaired) electrons. The van der Waals surface area contributed by atoms with E-state index in [0.717, 1.165) is 19.3 Å². The summed E-state index contributed by atoms with van der Waals surface area (Å²) >= 11 is 0. The van der Waals surface area contributed by atoms with Crippen molar-refractivity contribution in [3.63, 3.8) is 0 Å². The van der Waals surface area contributed by atoms with Crippen molar-refractivity contribution < 1.29 is 27.9 Å². The van der Waals surface area contributed by atoms with Gasteiger partial charge in [0.25, 0.3) is 0 Å². The molecule has 0 heterocycles. The monoisotopic (exact) mass is 265 g/mol. The summed E-state index contributed by atoms with van der Waals surface area (Å²) in [6, 6.07) is 0. The third-order valence-corrected chi connectivity index (χ3v) is 4.08. The van der Waals surface area contributed by atoms with E-state index in [9.17, 15) is 22.8 Å². The number of nitrogens with one attached hydrogen (secondary N) is 1. The average Bonchev–Trinajstić information content (AvgIpc) is 2.71. The molecule has 0 spiro atoms. The van der Waals surface area contributed by atoms with Crippen molar-refractivity contribution in [2.24, 2.45) is 17.8 Å². The quantitative estimate of drug-likeness (QED) is 0.813. The van der Waals surface area contributed by atoms with Gasteiger partial charge in [-0.2, -0.15) is 13.2 Å². The molecule has 0 aromatic rings. The highest BCUT2D eigenvalue weighted by molar-refractivity contribution is 5.90. The van der Waals surface area contributed by atoms with Crippen LogP contribution in [0.3, 0.4) is 0 Å². The summed E-state index contributed by atoms with van der Waals surface area (Å²) in [7, 11) is 0. The fourth-order valence-electron chi connectivity index (χ4n) is 2.79. The second-order valence-electron chi connectivity index (χ2n) is 5.20. The molecule has 2 saturated carbocycles. The third kappa shape index (κ3) is 1.85. The van der Waals surface area contributed by atoms with Crippen LogP contribution in [0.2, 0.25) is 0 Å². The molecule has 0 saturated heterocycles. The van der Waals surface area contributed by atoms with Gasteiger partial charge < -0.3 is 10.4 Å². The van der Waals surface area contributed by atoms with E-state index in [1.165, 1.54) is 0 Å². The molecule has 18 heavy (non-hydrogen) atoms. The number of carbonyl (C=O) groups is 2. The van der Waals surface area contributed by atoms with E-state index < -0.39 is 29.5 Å². The van der Waals surface area contributed by atoms with E-state index in [1.54, 1.807) is 5.32 Å². The Balaban J connectivity index is 2.07. The van der Waals surface area contributed by atoms with Crippen molar-refractivity contribution in [1.82, 2.24) is 5.32 Å². The standard InChI is InChI=1S/C11H14F3NO3/c1-10(9(17)18,11(12,13)14)15-8(16)7-5-3-2-4-6(5)7/h5-7H,2-4H2,1H3,(H,15,16)(H,17,18). The summed E-state index contributed by atoms with van der Waals surface area (Å²) in [6.07, 6.45) is -2.33. The van der Waals surface area contributed by atoms with Crippen molar-refractivity contribution in [2.75, 3.05) is 0 Å². The normalized spacial score (nSPS) is 33.4. The molecule has 2 fully saturated rings. The predicted molar refractivity (Wildman–Crippen MR) is 54.6 cm³/mol. The van der Waals surface area contributed by atoms with Crippen molar-refractivity contribution in [1.29, 1.82) is 0 Å². The highest BCUT2D eigenvalue weighted by Gasteiger charge is 2.62. The van der Waals surface area contributed by atoms with E-state index in [2.05, 4.69) is 0 Å². The van der Waals surface area contributed by atoms with Crippen molar-refractivity contribution in [3.05, 3.63) is 0 Å². The van der Waals surface area contributed by atoms with Crippen molar-refractivity contribution in [2.45, 2.75) is 37.9 Å². The van der Waals surface area contributed by atoms with Crippen LogP contribution in [0.15, 0.2) is 0 Å². The molecule has 0 aromatic carbocycles. The zero-order valence-electron chi connectivity index (χ0n) is 9.75. The average molecular weight is 265 g/mol. The second kappa shape index (κ2) is 3.86. The third-order valence-electron chi connectivity index (χ3n) is 4.08. The number of amides is 1. The van der Waals surface area contributed by atoms with Gasteiger partial charge >= 0.3 is 12.1 Å². The number of carbonyl (C=O) groups excluding carboxylic acids is 1. The summed E-state index contributed by atoms with van der Waals surface area (Å²) in [6.45, 7) is 0.478. The van der Waals surface area contributed by atoms with Crippen molar-refractivity contribution >= 4 is 11.9 Å². The van der Waals surface area contributed by atoms with Gasteiger partial charge in [0, 0.05) is 5.92 Å². The first kappa shape index (κ1) is 13.2. The van der Waals surface area contributed by atoms with Crippen LogP contribution in [-0.2, 0) is 9.59 Å². The zero-order chi connectivity index (χ0) is 13.7. The molecule has 7 heteroatoms. The van der Waals surface area contributed by atoms with Gasteiger partial charge in [0.05, 0.1) is 0 Å². The van der Waals surface area contributed by atoms with E-state index >= 15 is 0 Å². The largest absolute Gasteiger partial charge is 0.479 e. The van der Waals surface area contributed by atoms with E-state index in [0.29, 0.717) is 6.92 Å². The number of carboxylic acid groups (broad SMARTS) is 1. The minimum absolute atomic E-state index is 0.149. The summed E-state index contributed by atoms with van der Waals surface area (Å²) in [5, 5.41) is 10.3. The van der Waals surface area contributed by atoms with Crippen molar-refractivity contribution in [3.8, 4) is 0 Å². The zero-order valence-corrected chi connectivity index (χ0v) is 9.75. The highest BCUT2D eigenvalue weighted by Crippen LogP contribution is 2.57. The van der Waals surface area contributed by atoms with Gasteiger partial charge in [0.1, 0.15) is 0 Å².